The van der Waals surface area contributed by atoms with Gasteiger partial charge in [-0.3, -0.25) is 4.79 Å². The highest BCUT2D eigenvalue weighted by Gasteiger charge is 2.16. The van der Waals surface area contributed by atoms with Crippen LogP contribution in [0.1, 0.15) is 22.0 Å². The molecular formula is C15H16BrFN2OS. The van der Waals surface area contributed by atoms with Gasteiger partial charge in [0.05, 0.1) is 15.4 Å². The summed E-state index contributed by atoms with van der Waals surface area (Å²) in [6.07, 6.45) is 0. The van der Waals surface area contributed by atoms with Gasteiger partial charge in [-0.15, -0.1) is 11.3 Å². The molecule has 1 atom stereocenters. The van der Waals surface area contributed by atoms with Gasteiger partial charge in [0.25, 0.3) is 5.91 Å². The van der Waals surface area contributed by atoms with E-state index in [9.17, 15) is 9.18 Å². The number of hydrogen-bond acceptors (Lipinski definition) is 3. The molecule has 2 rings (SSSR count). The van der Waals surface area contributed by atoms with Crippen molar-refractivity contribution in [2.45, 2.75) is 6.04 Å². The van der Waals surface area contributed by atoms with E-state index in [4.69, 9.17) is 0 Å². The minimum absolute atomic E-state index is 0.0771. The summed E-state index contributed by atoms with van der Waals surface area (Å²) in [5, 5.41) is 4.69. The van der Waals surface area contributed by atoms with Gasteiger partial charge in [-0.05, 0) is 53.8 Å². The van der Waals surface area contributed by atoms with Crippen LogP contribution in [0, 0.1) is 5.82 Å². The molecule has 0 saturated carbocycles. The van der Waals surface area contributed by atoms with Crippen LogP contribution in [-0.2, 0) is 0 Å². The number of thiophene rings is 1. The second-order valence-electron chi connectivity index (χ2n) is 4.88. The Balaban J connectivity index is 2.05. The van der Waals surface area contributed by atoms with Gasteiger partial charge < -0.3 is 10.2 Å². The van der Waals surface area contributed by atoms with E-state index in [-0.39, 0.29) is 17.8 Å². The van der Waals surface area contributed by atoms with Gasteiger partial charge in [0.2, 0.25) is 0 Å². The predicted molar refractivity (Wildman–Crippen MR) is 87.2 cm³/mol. The molecule has 0 aliphatic heterocycles. The first kappa shape index (κ1) is 16.1. The van der Waals surface area contributed by atoms with E-state index in [1.165, 1.54) is 23.5 Å². The van der Waals surface area contributed by atoms with Crippen molar-refractivity contribution in [2.75, 3.05) is 20.6 Å². The van der Waals surface area contributed by atoms with Crippen LogP contribution < -0.4 is 5.32 Å². The zero-order valence-electron chi connectivity index (χ0n) is 11.8. The summed E-state index contributed by atoms with van der Waals surface area (Å²) in [7, 11) is 3.81. The lowest BCUT2D eigenvalue weighted by Crippen LogP contribution is -2.34. The van der Waals surface area contributed by atoms with E-state index in [1.54, 1.807) is 17.5 Å². The third-order valence-electron chi connectivity index (χ3n) is 3.14. The van der Waals surface area contributed by atoms with E-state index < -0.39 is 0 Å². The number of carbonyl (C=O) groups is 1. The molecule has 0 saturated heterocycles. The SMILES string of the molecule is CN(C)C(CNC(=O)c1csc(Br)c1)c1cccc(F)c1. The third kappa shape index (κ3) is 4.36. The Labute approximate surface area is 135 Å². The van der Waals surface area contributed by atoms with Gasteiger partial charge in [0, 0.05) is 11.9 Å². The van der Waals surface area contributed by atoms with Gasteiger partial charge in [-0.1, -0.05) is 12.1 Å². The van der Waals surface area contributed by atoms with Crippen molar-refractivity contribution in [3.8, 4) is 0 Å². The van der Waals surface area contributed by atoms with Crippen LogP contribution in [0.3, 0.4) is 0 Å². The molecule has 1 aromatic heterocycles. The molecule has 1 amide bonds. The molecular weight excluding hydrogens is 355 g/mol. The molecule has 0 bridgehead atoms. The van der Waals surface area contributed by atoms with Crippen molar-refractivity contribution in [1.29, 1.82) is 0 Å². The van der Waals surface area contributed by atoms with Crippen molar-refractivity contribution in [3.05, 3.63) is 56.4 Å². The summed E-state index contributed by atoms with van der Waals surface area (Å²) in [4.78, 5) is 14.0. The first-order valence-corrected chi connectivity index (χ1v) is 8.09. The fourth-order valence-electron chi connectivity index (χ4n) is 2.03. The van der Waals surface area contributed by atoms with Crippen molar-refractivity contribution in [1.82, 2.24) is 10.2 Å². The normalized spacial score (nSPS) is 12.4. The predicted octanol–water partition coefficient (Wildman–Crippen LogP) is 3.68. The molecule has 0 aliphatic rings. The van der Waals surface area contributed by atoms with Gasteiger partial charge in [-0.2, -0.15) is 0 Å². The molecule has 1 aromatic carbocycles. The summed E-state index contributed by atoms with van der Waals surface area (Å²) >= 11 is 4.80. The lowest BCUT2D eigenvalue weighted by molar-refractivity contribution is 0.0942. The third-order valence-corrected chi connectivity index (χ3v) is 4.65. The van der Waals surface area contributed by atoms with Gasteiger partial charge in [0.15, 0.2) is 0 Å². The zero-order valence-corrected chi connectivity index (χ0v) is 14.2. The van der Waals surface area contributed by atoms with Crippen molar-refractivity contribution < 1.29 is 9.18 Å². The van der Waals surface area contributed by atoms with Crippen molar-refractivity contribution >= 4 is 33.2 Å². The molecule has 0 aliphatic carbocycles. The number of hydrogen-bond donors (Lipinski definition) is 1. The Bertz CT molecular complexity index is 630. The quantitative estimate of drug-likeness (QED) is 0.870. The molecule has 0 radical (unpaired) electrons. The Morgan fingerprint density at radius 2 is 2.19 bits per heavy atom. The summed E-state index contributed by atoms with van der Waals surface area (Å²) in [6, 6.07) is 8.16. The van der Waals surface area contributed by atoms with Crippen LogP contribution in [0.4, 0.5) is 4.39 Å². The molecule has 21 heavy (non-hydrogen) atoms. The largest absolute Gasteiger partial charge is 0.350 e. The first-order valence-electron chi connectivity index (χ1n) is 6.41. The fourth-order valence-corrected chi connectivity index (χ4v) is 3.17. The zero-order chi connectivity index (χ0) is 15.4. The average Bonchev–Trinajstić information content (AvgIpc) is 2.85. The van der Waals surface area contributed by atoms with Crippen LogP contribution in [-0.4, -0.2) is 31.4 Å². The molecule has 0 fully saturated rings. The van der Waals surface area contributed by atoms with E-state index in [0.717, 1.165) is 9.35 Å². The lowest BCUT2D eigenvalue weighted by Gasteiger charge is -2.25. The molecule has 0 spiro atoms. The lowest BCUT2D eigenvalue weighted by atomic mass is 10.1. The Morgan fingerprint density at radius 3 is 2.76 bits per heavy atom. The summed E-state index contributed by atoms with van der Waals surface area (Å²) in [5.74, 6) is -0.396. The maximum Gasteiger partial charge on any atom is 0.252 e. The minimum atomic E-state index is -0.271. The fraction of sp³-hybridized carbons (Fsp3) is 0.267. The Hall–Kier alpha value is -1.24. The second kappa shape index (κ2) is 7.15. The molecule has 1 unspecified atom stereocenters. The number of nitrogens with one attached hydrogen (secondary N) is 1. The number of likely N-dealkylation sites (N-methyl/N-ethyl adjacent to an activating group) is 1. The number of halogens is 2. The summed E-state index contributed by atoms with van der Waals surface area (Å²) in [6.45, 7) is 0.419. The van der Waals surface area contributed by atoms with Crippen molar-refractivity contribution in [3.63, 3.8) is 0 Å². The average molecular weight is 371 g/mol. The number of amides is 1. The van der Waals surface area contributed by atoms with Crippen LogP contribution in [0.15, 0.2) is 39.5 Å². The Morgan fingerprint density at radius 1 is 1.43 bits per heavy atom. The van der Waals surface area contributed by atoms with Gasteiger partial charge in [-0.25, -0.2) is 4.39 Å². The van der Waals surface area contributed by atoms with E-state index in [2.05, 4.69) is 21.2 Å². The maximum atomic E-state index is 13.3. The number of rotatable bonds is 5. The number of carbonyl (C=O) groups excluding carboxylic acids is 1. The molecule has 2 aromatic rings. The maximum absolute atomic E-state index is 13.3. The van der Waals surface area contributed by atoms with Crippen molar-refractivity contribution in [2.24, 2.45) is 0 Å². The summed E-state index contributed by atoms with van der Waals surface area (Å²) < 4.78 is 14.3. The topological polar surface area (TPSA) is 32.3 Å². The minimum Gasteiger partial charge on any atom is -0.350 e. The molecule has 1 heterocycles. The highest BCUT2D eigenvalue weighted by Crippen LogP contribution is 2.21. The smallest absolute Gasteiger partial charge is 0.252 e. The molecule has 1 N–H and O–H groups in total. The van der Waals surface area contributed by atoms with Gasteiger partial charge in [0.1, 0.15) is 5.82 Å². The number of benzene rings is 1. The van der Waals surface area contributed by atoms with E-state index >= 15 is 0 Å². The Kier molecular flexibility index (Phi) is 5.50. The second-order valence-corrected chi connectivity index (χ2v) is 7.17. The highest BCUT2D eigenvalue weighted by atomic mass is 79.9. The van der Waals surface area contributed by atoms with Crippen LogP contribution in [0.2, 0.25) is 0 Å². The van der Waals surface area contributed by atoms with Gasteiger partial charge >= 0.3 is 0 Å². The van der Waals surface area contributed by atoms with Crippen LogP contribution >= 0.6 is 27.3 Å². The van der Waals surface area contributed by atoms with Crippen LogP contribution in [0.25, 0.3) is 0 Å². The highest BCUT2D eigenvalue weighted by molar-refractivity contribution is 9.11. The van der Waals surface area contributed by atoms with E-state index in [0.29, 0.717) is 12.1 Å². The van der Waals surface area contributed by atoms with E-state index in [1.807, 2.05) is 25.1 Å². The summed E-state index contributed by atoms with van der Waals surface area (Å²) in [5.41, 5.74) is 1.47. The molecule has 112 valence electrons. The van der Waals surface area contributed by atoms with Crippen LogP contribution in [0.5, 0.6) is 0 Å². The monoisotopic (exact) mass is 370 g/mol. The number of nitrogens with zero attached hydrogens (tertiary/aromatic N) is 1. The first-order chi connectivity index (χ1) is 9.97. The standard InChI is InChI=1S/C15H16BrFN2OS/c1-19(2)13(10-4-3-5-12(17)6-10)8-18-15(20)11-7-14(16)21-9-11/h3-7,9,13H,8H2,1-2H3,(H,18,20). The molecule has 6 heteroatoms. The molecule has 3 nitrogen and oxygen atoms in total.